The summed E-state index contributed by atoms with van der Waals surface area (Å²) in [7, 11) is -1.39. The highest BCUT2D eigenvalue weighted by atomic mass is 32.2. The Morgan fingerprint density at radius 2 is 1.52 bits per heavy atom. The van der Waals surface area contributed by atoms with Gasteiger partial charge in [0, 0.05) is 12.3 Å². The molecule has 29 heavy (non-hydrogen) atoms. The summed E-state index contributed by atoms with van der Waals surface area (Å²) in [4.78, 5) is 14.8. The summed E-state index contributed by atoms with van der Waals surface area (Å²) in [6, 6.07) is 12.6. The maximum Gasteiger partial charge on any atom is 0.234 e. The molecule has 5 nitrogen and oxygen atoms in total. The van der Waals surface area contributed by atoms with E-state index in [1.807, 2.05) is 32.7 Å². The van der Waals surface area contributed by atoms with Crippen molar-refractivity contribution < 1.29 is 17.6 Å². The summed E-state index contributed by atoms with van der Waals surface area (Å²) in [5, 5.41) is 3.04. The van der Waals surface area contributed by atoms with E-state index in [2.05, 4.69) is 5.32 Å². The number of benzene rings is 2. The van der Waals surface area contributed by atoms with Gasteiger partial charge in [0.05, 0.1) is 17.5 Å². The molecule has 2 unspecified atom stereocenters. The molecule has 0 aliphatic rings. The summed E-state index contributed by atoms with van der Waals surface area (Å²) in [6.07, 6.45) is 1.17. The van der Waals surface area contributed by atoms with Crippen molar-refractivity contribution in [3.8, 4) is 0 Å². The highest BCUT2D eigenvalue weighted by Crippen LogP contribution is 2.23. The van der Waals surface area contributed by atoms with Crippen molar-refractivity contribution in [3.63, 3.8) is 0 Å². The molecule has 0 saturated carbocycles. The average molecular weight is 421 g/mol. The molecule has 2 aromatic rings. The molecule has 0 fully saturated rings. The molecule has 0 spiro atoms. The molecule has 0 aliphatic carbocycles. The van der Waals surface area contributed by atoms with Crippen molar-refractivity contribution in [3.05, 3.63) is 65.5 Å². The third-order valence-electron chi connectivity index (χ3n) is 5.06. The third kappa shape index (κ3) is 6.37. The molecular weight excluding hydrogens is 391 g/mol. The van der Waals surface area contributed by atoms with E-state index in [-0.39, 0.29) is 41.2 Å². The monoisotopic (exact) mass is 420 g/mol. The summed E-state index contributed by atoms with van der Waals surface area (Å²) in [5.74, 6) is -0.288. The molecule has 158 valence electrons. The first-order chi connectivity index (χ1) is 13.5. The lowest BCUT2D eigenvalue weighted by Crippen LogP contribution is -2.39. The molecule has 0 saturated heterocycles. The molecule has 2 atom stereocenters. The average Bonchev–Trinajstić information content (AvgIpc) is 2.65. The van der Waals surface area contributed by atoms with E-state index < -0.39 is 9.84 Å². The van der Waals surface area contributed by atoms with Crippen LogP contribution in [0.3, 0.4) is 0 Å². The molecule has 7 heteroatoms. The Kier molecular flexibility index (Phi) is 7.54. The lowest BCUT2D eigenvalue weighted by atomic mass is 9.96. The number of sulfone groups is 1. The van der Waals surface area contributed by atoms with E-state index in [9.17, 15) is 17.6 Å². The standard InChI is InChI=1S/C22H29FN2O3S/c1-15(2)22(18-6-10-19(23)11-7-18)24-21(26)14-25(4)16(3)17-8-12-20(13-9-17)29(5,27)28/h6-13,15-16,22H,14H2,1-5H3,(H,24,26). The fraction of sp³-hybridized carbons (Fsp3) is 0.409. The molecule has 0 heterocycles. The van der Waals surface area contributed by atoms with E-state index in [0.29, 0.717) is 0 Å². The van der Waals surface area contributed by atoms with Gasteiger partial charge in [0.25, 0.3) is 0 Å². The topological polar surface area (TPSA) is 66.5 Å². The Hall–Kier alpha value is -2.25. The van der Waals surface area contributed by atoms with Crippen LogP contribution in [0.4, 0.5) is 4.39 Å². The van der Waals surface area contributed by atoms with E-state index >= 15 is 0 Å². The second-order valence-electron chi connectivity index (χ2n) is 7.77. The van der Waals surface area contributed by atoms with Crippen LogP contribution in [0.15, 0.2) is 53.4 Å². The highest BCUT2D eigenvalue weighted by Gasteiger charge is 2.21. The van der Waals surface area contributed by atoms with Crippen LogP contribution in [0, 0.1) is 11.7 Å². The van der Waals surface area contributed by atoms with E-state index in [1.54, 1.807) is 36.4 Å². The first kappa shape index (κ1) is 23.0. The molecule has 2 rings (SSSR count). The van der Waals surface area contributed by atoms with Crippen LogP contribution < -0.4 is 5.32 Å². The zero-order valence-corrected chi connectivity index (χ0v) is 18.3. The van der Waals surface area contributed by atoms with Gasteiger partial charge in [-0.05, 0) is 55.3 Å². The van der Waals surface area contributed by atoms with Gasteiger partial charge in [0.2, 0.25) is 5.91 Å². The van der Waals surface area contributed by atoms with Gasteiger partial charge in [-0.3, -0.25) is 9.69 Å². The summed E-state index contributed by atoms with van der Waals surface area (Å²) >= 11 is 0. The van der Waals surface area contributed by atoms with Gasteiger partial charge in [-0.2, -0.15) is 0 Å². The smallest absolute Gasteiger partial charge is 0.234 e. The predicted octanol–water partition coefficient (Wildman–Crippen LogP) is 3.74. The third-order valence-corrected chi connectivity index (χ3v) is 6.19. The molecule has 0 aromatic heterocycles. The number of nitrogens with one attached hydrogen (secondary N) is 1. The normalized spacial score (nSPS) is 14.1. The van der Waals surface area contributed by atoms with Crippen molar-refractivity contribution in [2.75, 3.05) is 19.8 Å². The van der Waals surface area contributed by atoms with Gasteiger partial charge in [-0.1, -0.05) is 38.1 Å². The quantitative estimate of drug-likeness (QED) is 0.707. The second kappa shape index (κ2) is 9.50. The maximum absolute atomic E-state index is 13.2. The van der Waals surface area contributed by atoms with E-state index in [1.165, 1.54) is 18.4 Å². The molecule has 1 N–H and O–H groups in total. The van der Waals surface area contributed by atoms with E-state index in [0.717, 1.165) is 11.1 Å². The fourth-order valence-electron chi connectivity index (χ4n) is 3.14. The van der Waals surface area contributed by atoms with Crippen LogP contribution >= 0.6 is 0 Å². The van der Waals surface area contributed by atoms with Gasteiger partial charge in [-0.15, -0.1) is 0 Å². The molecule has 0 radical (unpaired) electrons. The first-order valence-electron chi connectivity index (χ1n) is 9.54. The minimum Gasteiger partial charge on any atom is -0.348 e. The molecule has 0 aliphatic heterocycles. The van der Waals surface area contributed by atoms with Gasteiger partial charge in [0.15, 0.2) is 9.84 Å². The first-order valence-corrected chi connectivity index (χ1v) is 11.4. The maximum atomic E-state index is 13.2. The Labute approximate surface area is 172 Å². The number of nitrogens with zero attached hydrogens (tertiary/aromatic N) is 1. The SMILES string of the molecule is CC(C)C(NC(=O)CN(C)C(C)c1ccc(S(C)(=O)=O)cc1)c1ccc(F)cc1. The Balaban J connectivity index is 2.03. The van der Waals surface area contributed by atoms with Crippen LogP contribution in [0.5, 0.6) is 0 Å². The number of hydrogen-bond acceptors (Lipinski definition) is 4. The largest absolute Gasteiger partial charge is 0.348 e. The molecule has 2 aromatic carbocycles. The number of carbonyl (C=O) groups is 1. The van der Waals surface area contributed by atoms with Gasteiger partial charge in [-0.25, -0.2) is 12.8 Å². The highest BCUT2D eigenvalue weighted by molar-refractivity contribution is 7.90. The van der Waals surface area contributed by atoms with Crippen LogP contribution in [0.25, 0.3) is 0 Å². The summed E-state index contributed by atoms with van der Waals surface area (Å²) < 4.78 is 36.4. The minimum absolute atomic E-state index is 0.0716. The van der Waals surface area contributed by atoms with Gasteiger partial charge >= 0.3 is 0 Å². The fourth-order valence-corrected chi connectivity index (χ4v) is 3.77. The summed E-state index contributed by atoms with van der Waals surface area (Å²) in [5.41, 5.74) is 1.79. The Morgan fingerprint density at radius 1 is 1.00 bits per heavy atom. The Bertz CT molecular complexity index is 926. The number of carbonyl (C=O) groups excluding carboxylic acids is 1. The molecular formula is C22H29FN2O3S. The van der Waals surface area contributed by atoms with Crippen molar-refractivity contribution in [2.45, 2.75) is 37.8 Å². The predicted molar refractivity (Wildman–Crippen MR) is 113 cm³/mol. The zero-order valence-electron chi connectivity index (χ0n) is 17.5. The van der Waals surface area contributed by atoms with Crippen molar-refractivity contribution in [1.82, 2.24) is 10.2 Å². The van der Waals surface area contributed by atoms with Gasteiger partial charge < -0.3 is 5.32 Å². The minimum atomic E-state index is -3.24. The van der Waals surface area contributed by atoms with Crippen molar-refractivity contribution in [2.24, 2.45) is 5.92 Å². The lowest BCUT2D eigenvalue weighted by molar-refractivity contribution is -0.123. The van der Waals surface area contributed by atoms with Crippen molar-refractivity contribution in [1.29, 1.82) is 0 Å². The van der Waals surface area contributed by atoms with Crippen LogP contribution in [0.2, 0.25) is 0 Å². The number of hydrogen-bond donors (Lipinski definition) is 1. The van der Waals surface area contributed by atoms with E-state index in [4.69, 9.17) is 0 Å². The van der Waals surface area contributed by atoms with Gasteiger partial charge in [0.1, 0.15) is 5.82 Å². The molecule has 0 bridgehead atoms. The van der Waals surface area contributed by atoms with Crippen LogP contribution in [0.1, 0.15) is 44.0 Å². The van der Waals surface area contributed by atoms with Crippen LogP contribution in [-0.4, -0.2) is 39.1 Å². The van der Waals surface area contributed by atoms with Crippen LogP contribution in [-0.2, 0) is 14.6 Å². The number of amides is 1. The summed E-state index contributed by atoms with van der Waals surface area (Å²) in [6.45, 7) is 6.15. The van der Waals surface area contributed by atoms with Crippen molar-refractivity contribution >= 4 is 15.7 Å². The Morgan fingerprint density at radius 3 is 2.00 bits per heavy atom. The number of likely N-dealkylation sites (N-methyl/N-ethyl adjacent to an activating group) is 1. The number of rotatable bonds is 8. The zero-order chi connectivity index (χ0) is 21.8. The lowest BCUT2D eigenvalue weighted by Gasteiger charge is -2.27. The number of halogens is 1. The molecule has 1 amide bonds. The second-order valence-corrected chi connectivity index (χ2v) is 9.79.